The van der Waals surface area contributed by atoms with E-state index in [0.29, 0.717) is 17.7 Å². The smallest absolute Gasteiger partial charge is 0.323 e. The third-order valence-electron chi connectivity index (χ3n) is 6.49. The first kappa shape index (κ1) is 27.2. The number of carbonyl (C=O) groups excluding carboxylic acids is 2. The van der Waals surface area contributed by atoms with Gasteiger partial charge in [0.25, 0.3) is 0 Å². The highest BCUT2D eigenvalue weighted by Crippen LogP contribution is 2.41. The summed E-state index contributed by atoms with van der Waals surface area (Å²) in [7, 11) is 0. The highest BCUT2D eigenvalue weighted by molar-refractivity contribution is 5.95. The van der Waals surface area contributed by atoms with E-state index >= 15 is 0 Å². The van der Waals surface area contributed by atoms with Crippen molar-refractivity contribution in [2.24, 2.45) is 0 Å². The first-order chi connectivity index (χ1) is 19.3. The van der Waals surface area contributed by atoms with Gasteiger partial charge in [-0.2, -0.15) is 0 Å². The van der Waals surface area contributed by atoms with Crippen LogP contribution in [0.4, 0.5) is 10.6 Å². The summed E-state index contributed by atoms with van der Waals surface area (Å²) in [5, 5.41) is 14.6. The number of anilines is 1. The highest BCUT2D eigenvalue weighted by Gasteiger charge is 2.54. The Morgan fingerprint density at radius 1 is 1.10 bits per heavy atom. The van der Waals surface area contributed by atoms with Crippen molar-refractivity contribution >= 4 is 41.0 Å². The van der Waals surface area contributed by atoms with Gasteiger partial charge in [-0.15, -0.1) is 0 Å². The summed E-state index contributed by atoms with van der Waals surface area (Å²) in [6.45, 7) is 3.03. The molecule has 5 rings (SSSR count). The molecule has 2 aromatic heterocycles. The number of hydrogen-bond donors (Lipinski definition) is 3. The maximum absolute atomic E-state index is 12.2. The number of rotatable bonds is 9. The fraction of sp³-hybridized carbons (Fsp3) is 0.385. The van der Waals surface area contributed by atoms with E-state index < -0.39 is 55.3 Å². The largest absolute Gasteiger partial charge is 0.480 e. The van der Waals surface area contributed by atoms with E-state index in [1.807, 2.05) is 36.4 Å². The van der Waals surface area contributed by atoms with Gasteiger partial charge < -0.3 is 29.5 Å². The number of hydrogen-bond acceptors (Lipinski definition) is 9. The van der Waals surface area contributed by atoms with Crippen LogP contribution < -0.4 is 10.6 Å². The van der Waals surface area contributed by atoms with Gasteiger partial charge in [-0.3, -0.25) is 19.5 Å². The summed E-state index contributed by atoms with van der Waals surface area (Å²) in [5.74, 6) is -1.33. The van der Waals surface area contributed by atoms with Crippen LogP contribution in [0.2, 0.25) is 0 Å². The molecule has 3 aromatic rings. The van der Waals surface area contributed by atoms with Crippen molar-refractivity contribution in [1.82, 2.24) is 29.7 Å². The summed E-state index contributed by atoms with van der Waals surface area (Å²) < 4.78 is 20.4. The minimum absolute atomic E-state index is 0.0244. The maximum atomic E-state index is 12.2. The van der Waals surface area contributed by atoms with Crippen molar-refractivity contribution < 1.29 is 33.7 Å². The zero-order valence-corrected chi connectivity index (χ0v) is 21.8. The standard InChI is InChI=1S/C26H29N7O7/c1-3-27-26(37)31-23-20-24(29-13-28-23)33(14-30-20)25-22-21(17(38-25)11-32(15(2)34)12-18(35)36)39-19(40-22)10-9-16-7-5-4-6-8-16/h4-10,13-14,17,19,21-22,25H,3,11-12H2,1-2H3,(H,35,36)(H2,27,28,29,31,37)/t17?,19-,21?,22?,25?/m0/s1. The normalized spacial score (nSPS) is 23.8. The van der Waals surface area contributed by atoms with Crippen LogP contribution >= 0.6 is 0 Å². The third-order valence-corrected chi connectivity index (χ3v) is 6.49. The number of carboxylic acids is 1. The molecule has 3 amide bonds. The Morgan fingerprint density at radius 2 is 1.88 bits per heavy atom. The number of benzene rings is 1. The molecule has 2 saturated heterocycles. The Morgan fingerprint density at radius 3 is 2.60 bits per heavy atom. The number of nitrogens with zero attached hydrogens (tertiary/aromatic N) is 5. The predicted molar refractivity (Wildman–Crippen MR) is 141 cm³/mol. The second-order valence-corrected chi connectivity index (χ2v) is 9.23. The van der Waals surface area contributed by atoms with Crippen LogP contribution in [0.25, 0.3) is 17.2 Å². The molecule has 1 aromatic carbocycles. The number of aromatic nitrogens is 4. The molecule has 4 unspecified atom stereocenters. The molecule has 2 aliphatic rings. The molecule has 14 heteroatoms. The number of amides is 3. The molecule has 0 radical (unpaired) electrons. The third kappa shape index (κ3) is 5.78. The van der Waals surface area contributed by atoms with Gasteiger partial charge >= 0.3 is 12.0 Å². The van der Waals surface area contributed by atoms with Crippen molar-refractivity contribution in [2.75, 3.05) is 25.0 Å². The molecule has 40 heavy (non-hydrogen) atoms. The van der Waals surface area contributed by atoms with Crippen LogP contribution in [-0.4, -0.2) is 91.7 Å². The van der Waals surface area contributed by atoms with E-state index in [0.717, 1.165) is 5.56 Å². The van der Waals surface area contributed by atoms with E-state index in [9.17, 15) is 19.5 Å². The van der Waals surface area contributed by atoms with Crippen molar-refractivity contribution in [1.29, 1.82) is 0 Å². The summed E-state index contributed by atoms with van der Waals surface area (Å²) in [6, 6.07) is 9.22. The minimum Gasteiger partial charge on any atom is -0.480 e. The summed E-state index contributed by atoms with van der Waals surface area (Å²) in [4.78, 5) is 49.7. The van der Waals surface area contributed by atoms with Gasteiger partial charge in [-0.25, -0.2) is 19.7 Å². The number of nitrogens with one attached hydrogen (secondary N) is 2. The van der Waals surface area contributed by atoms with Gasteiger partial charge in [-0.05, 0) is 18.6 Å². The van der Waals surface area contributed by atoms with Gasteiger partial charge in [0.2, 0.25) is 5.91 Å². The molecule has 0 bridgehead atoms. The Kier molecular flexibility index (Phi) is 8.00. The predicted octanol–water partition coefficient (Wildman–Crippen LogP) is 1.62. The monoisotopic (exact) mass is 551 g/mol. The fourth-order valence-electron chi connectivity index (χ4n) is 4.70. The molecule has 0 aliphatic carbocycles. The number of carboxylic acid groups (broad SMARTS) is 1. The van der Waals surface area contributed by atoms with Crippen LogP contribution in [-0.2, 0) is 23.8 Å². The summed E-state index contributed by atoms with van der Waals surface area (Å²) in [6.07, 6.45) is 3.00. The SMILES string of the molecule is CCNC(=O)Nc1ncnc2c1ncn2C1OC(CN(CC(=O)O)C(C)=O)C2O[C@H](C=Cc3ccccc3)OC21. The molecular formula is C26H29N7O7. The lowest BCUT2D eigenvalue weighted by atomic mass is 10.1. The molecule has 2 fully saturated rings. The number of urea groups is 1. The molecule has 2 aliphatic heterocycles. The van der Waals surface area contributed by atoms with Crippen LogP contribution in [0.3, 0.4) is 0 Å². The first-order valence-corrected chi connectivity index (χ1v) is 12.7. The van der Waals surface area contributed by atoms with Crippen LogP contribution in [0.1, 0.15) is 25.6 Å². The van der Waals surface area contributed by atoms with Crippen molar-refractivity contribution in [3.63, 3.8) is 0 Å². The lowest BCUT2D eigenvalue weighted by molar-refractivity contribution is -0.149. The van der Waals surface area contributed by atoms with E-state index in [1.165, 1.54) is 24.5 Å². The fourth-order valence-corrected chi connectivity index (χ4v) is 4.70. The number of aliphatic carboxylic acids is 1. The Balaban J connectivity index is 1.44. The van der Waals surface area contributed by atoms with Crippen LogP contribution in [0.5, 0.6) is 0 Å². The average Bonchev–Trinajstić information content (AvgIpc) is 3.62. The molecule has 0 spiro atoms. The zero-order chi connectivity index (χ0) is 28.2. The second kappa shape index (κ2) is 11.8. The Labute approximate surface area is 229 Å². The molecule has 14 nitrogen and oxygen atoms in total. The lowest BCUT2D eigenvalue weighted by Gasteiger charge is -2.25. The lowest BCUT2D eigenvalue weighted by Crippen LogP contribution is -2.43. The summed E-state index contributed by atoms with van der Waals surface area (Å²) >= 11 is 0. The number of ether oxygens (including phenoxy) is 3. The number of carbonyl (C=O) groups is 3. The van der Waals surface area contributed by atoms with Gasteiger partial charge in [0.1, 0.15) is 31.2 Å². The van der Waals surface area contributed by atoms with Crippen molar-refractivity contribution in [3.8, 4) is 0 Å². The van der Waals surface area contributed by atoms with Crippen LogP contribution in [0.15, 0.2) is 49.1 Å². The van der Waals surface area contributed by atoms with E-state index in [4.69, 9.17) is 14.2 Å². The molecule has 4 heterocycles. The van der Waals surface area contributed by atoms with Crippen molar-refractivity contribution in [3.05, 3.63) is 54.6 Å². The molecule has 210 valence electrons. The van der Waals surface area contributed by atoms with E-state index in [1.54, 1.807) is 17.6 Å². The highest BCUT2D eigenvalue weighted by atomic mass is 16.8. The van der Waals surface area contributed by atoms with Gasteiger partial charge in [-0.1, -0.05) is 36.4 Å². The minimum atomic E-state index is -1.14. The van der Waals surface area contributed by atoms with Gasteiger partial charge in [0, 0.05) is 13.5 Å². The number of imidazole rings is 1. The maximum Gasteiger partial charge on any atom is 0.323 e. The summed E-state index contributed by atoms with van der Waals surface area (Å²) in [5.41, 5.74) is 1.69. The Hall–Kier alpha value is -4.40. The number of fused-ring (bicyclic) bond motifs is 2. The van der Waals surface area contributed by atoms with Gasteiger partial charge in [0.15, 0.2) is 29.5 Å². The molecule has 5 atom stereocenters. The van der Waals surface area contributed by atoms with E-state index in [-0.39, 0.29) is 12.4 Å². The van der Waals surface area contributed by atoms with Crippen molar-refractivity contribution in [2.45, 2.75) is 44.7 Å². The average molecular weight is 552 g/mol. The quantitative estimate of drug-likeness (QED) is 0.355. The molecular weight excluding hydrogens is 522 g/mol. The van der Waals surface area contributed by atoms with Crippen LogP contribution in [0, 0.1) is 0 Å². The first-order valence-electron chi connectivity index (χ1n) is 12.7. The molecule has 0 saturated carbocycles. The second-order valence-electron chi connectivity index (χ2n) is 9.23. The Bertz CT molecular complexity index is 1410. The van der Waals surface area contributed by atoms with Gasteiger partial charge in [0.05, 0.1) is 12.9 Å². The topological polar surface area (TPSA) is 170 Å². The molecule has 3 N–H and O–H groups in total. The van der Waals surface area contributed by atoms with E-state index in [2.05, 4.69) is 25.6 Å². The zero-order valence-electron chi connectivity index (χ0n) is 21.8.